The van der Waals surface area contributed by atoms with E-state index in [-0.39, 0.29) is 0 Å². The van der Waals surface area contributed by atoms with Crippen molar-refractivity contribution in [3.8, 4) is 0 Å². The maximum Gasteiger partial charge on any atom is 0.222 e. The Morgan fingerprint density at radius 1 is 1.06 bits per heavy atom. The van der Waals surface area contributed by atoms with Crippen LogP contribution in [0.15, 0.2) is 0 Å². The van der Waals surface area contributed by atoms with E-state index in [1.54, 1.807) is 0 Å². The Balaban J connectivity index is 1.49. The van der Waals surface area contributed by atoms with Crippen LogP contribution in [0, 0.1) is 17.8 Å². The van der Waals surface area contributed by atoms with Crippen LogP contribution >= 0.6 is 0 Å². The van der Waals surface area contributed by atoms with E-state index in [9.17, 15) is 4.79 Å². The lowest BCUT2D eigenvalue weighted by molar-refractivity contribution is -0.134. The van der Waals surface area contributed by atoms with E-state index in [1.165, 1.54) is 45.1 Å². The second kappa shape index (κ2) is 5.60. The van der Waals surface area contributed by atoms with Crippen LogP contribution < -0.4 is 5.32 Å². The van der Waals surface area contributed by atoms with Crippen molar-refractivity contribution in [3.05, 3.63) is 0 Å². The van der Waals surface area contributed by atoms with Crippen LogP contribution in [-0.4, -0.2) is 37.0 Å². The number of carbonyl (C=O) groups excluding carboxylic acids is 1. The lowest BCUT2D eigenvalue weighted by Crippen LogP contribution is -2.44. The molecule has 2 aliphatic heterocycles. The van der Waals surface area contributed by atoms with Gasteiger partial charge in [0.1, 0.15) is 0 Å². The van der Waals surface area contributed by atoms with Gasteiger partial charge in [-0.2, -0.15) is 0 Å². The van der Waals surface area contributed by atoms with Crippen LogP contribution in [0.2, 0.25) is 0 Å². The van der Waals surface area contributed by atoms with E-state index in [1.807, 2.05) is 0 Å². The fourth-order valence-corrected chi connectivity index (χ4v) is 4.03. The van der Waals surface area contributed by atoms with E-state index in [0.29, 0.717) is 11.8 Å². The maximum atomic E-state index is 12.4. The highest BCUT2D eigenvalue weighted by atomic mass is 16.2. The van der Waals surface area contributed by atoms with E-state index >= 15 is 0 Å². The van der Waals surface area contributed by atoms with Gasteiger partial charge in [0.15, 0.2) is 0 Å². The van der Waals surface area contributed by atoms with Crippen LogP contribution in [0.1, 0.15) is 44.9 Å². The molecular formula is C15H26N2O. The molecule has 1 N–H and O–H groups in total. The molecule has 2 atom stereocenters. The number of nitrogens with zero attached hydrogens (tertiary/aromatic N) is 1. The summed E-state index contributed by atoms with van der Waals surface area (Å²) in [6.45, 7) is 4.32. The Labute approximate surface area is 110 Å². The van der Waals surface area contributed by atoms with Gasteiger partial charge >= 0.3 is 0 Å². The first kappa shape index (κ1) is 12.5. The Morgan fingerprint density at radius 2 is 1.83 bits per heavy atom. The minimum atomic E-state index is 0.437. The molecule has 3 rings (SSSR count). The summed E-state index contributed by atoms with van der Waals surface area (Å²) in [7, 11) is 0. The van der Waals surface area contributed by atoms with Gasteiger partial charge in [-0.25, -0.2) is 0 Å². The number of rotatable bonds is 2. The number of hydrogen-bond acceptors (Lipinski definition) is 2. The molecule has 18 heavy (non-hydrogen) atoms. The third kappa shape index (κ3) is 2.71. The standard InChI is InChI=1S/C15H26N2O/c18-15(8-12-4-2-1-3-5-12)17-7-6-13-9-16-10-14(13)11-17/h12-14,16H,1-11H2. The lowest BCUT2D eigenvalue weighted by Gasteiger charge is -2.35. The van der Waals surface area contributed by atoms with Crippen LogP contribution in [-0.2, 0) is 4.79 Å². The highest BCUT2D eigenvalue weighted by molar-refractivity contribution is 5.76. The molecule has 3 heteroatoms. The first-order valence-electron chi connectivity index (χ1n) is 7.81. The summed E-state index contributed by atoms with van der Waals surface area (Å²) in [5, 5.41) is 3.47. The normalized spacial score (nSPS) is 33.4. The van der Waals surface area contributed by atoms with E-state index in [2.05, 4.69) is 10.2 Å². The quantitative estimate of drug-likeness (QED) is 0.813. The summed E-state index contributed by atoms with van der Waals surface area (Å²) in [5.41, 5.74) is 0. The number of fused-ring (bicyclic) bond motifs is 1. The molecule has 3 fully saturated rings. The van der Waals surface area contributed by atoms with Gasteiger partial charge < -0.3 is 10.2 Å². The number of carbonyl (C=O) groups is 1. The molecule has 2 saturated heterocycles. The average Bonchev–Trinajstić information content (AvgIpc) is 2.87. The fraction of sp³-hybridized carbons (Fsp3) is 0.933. The number of piperidine rings is 1. The van der Waals surface area contributed by atoms with Gasteiger partial charge in [-0.3, -0.25) is 4.79 Å². The number of amides is 1. The van der Waals surface area contributed by atoms with Crippen molar-refractivity contribution in [2.75, 3.05) is 26.2 Å². The Morgan fingerprint density at radius 3 is 2.67 bits per heavy atom. The van der Waals surface area contributed by atoms with Gasteiger partial charge in [0, 0.05) is 19.5 Å². The molecule has 0 bridgehead atoms. The Bertz CT molecular complexity index is 299. The molecule has 0 aromatic heterocycles. The molecule has 0 aromatic rings. The largest absolute Gasteiger partial charge is 0.342 e. The van der Waals surface area contributed by atoms with Gasteiger partial charge in [-0.1, -0.05) is 19.3 Å². The Kier molecular flexibility index (Phi) is 3.88. The molecular weight excluding hydrogens is 224 g/mol. The number of hydrogen-bond donors (Lipinski definition) is 1. The van der Waals surface area contributed by atoms with E-state index in [4.69, 9.17) is 0 Å². The molecule has 0 radical (unpaired) electrons. The van der Waals surface area contributed by atoms with Gasteiger partial charge in [-0.05, 0) is 50.1 Å². The first-order chi connectivity index (χ1) is 8.83. The highest BCUT2D eigenvalue weighted by Crippen LogP contribution is 2.30. The topological polar surface area (TPSA) is 32.3 Å². The zero-order chi connectivity index (χ0) is 12.4. The molecule has 0 aromatic carbocycles. The smallest absolute Gasteiger partial charge is 0.222 e. The van der Waals surface area contributed by atoms with Crippen LogP contribution in [0.4, 0.5) is 0 Å². The molecule has 1 saturated carbocycles. The highest BCUT2D eigenvalue weighted by Gasteiger charge is 2.34. The average molecular weight is 250 g/mol. The summed E-state index contributed by atoms with van der Waals surface area (Å²) in [6.07, 6.45) is 8.67. The molecule has 1 aliphatic carbocycles. The monoisotopic (exact) mass is 250 g/mol. The molecule has 1 amide bonds. The second-order valence-corrected chi connectivity index (χ2v) is 6.51. The van der Waals surface area contributed by atoms with Crippen molar-refractivity contribution in [1.82, 2.24) is 10.2 Å². The van der Waals surface area contributed by atoms with Crippen molar-refractivity contribution in [2.24, 2.45) is 17.8 Å². The molecule has 3 aliphatic rings. The van der Waals surface area contributed by atoms with Gasteiger partial charge in [-0.15, -0.1) is 0 Å². The van der Waals surface area contributed by atoms with Crippen LogP contribution in [0.3, 0.4) is 0 Å². The number of likely N-dealkylation sites (tertiary alicyclic amines) is 1. The summed E-state index contributed by atoms with van der Waals surface area (Å²) in [6, 6.07) is 0. The summed E-state index contributed by atoms with van der Waals surface area (Å²) < 4.78 is 0. The molecule has 2 unspecified atom stereocenters. The predicted molar refractivity (Wildman–Crippen MR) is 72.2 cm³/mol. The number of nitrogens with one attached hydrogen (secondary N) is 1. The molecule has 3 nitrogen and oxygen atoms in total. The summed E-state index contributed by atoms with van der Waals surface area (Å²) in [4.78, 5) is 14.5. The SMILES string of the molecule is O=C(CC1CCCCC1)N1CCC2CNCC2C1. The van der Waals surface area contributed by atoms with E-state index < -0.39 is 0 Å². The van der Waals surface area contributed by atoms with Crippen molar-refractivity contribution in [3.63, 3.8) is 0 Å². The van der Waals surface area contributed by atoms with Crippen molar-refractivity contribution in [1.29, 1.82) is 0 Å². The zero-order valence-corrected chi connectivity index (χ0v) is 11.4. The van der Waals surface area contributed by atoms with Gasteiger partial charge in [0.2, 0.25) is 5.91 Å². The minimum Gasteiger partial charge on any atom is -0.342 e. The summed E-state index contributed by atoms with van der Waals surface area (Å²) >= 11 is 0. The third-order valence-electron chi connectivity index (χ3n) is 5.25. The Hall–Kier alpha value is -0.570. The van der Waals surface area contributed by atoms with Gasteiger partial charge in [0.05, 0.1) is 0 Å². The van der Waals surface area contributed by atoms with Gasteiger partial charge in [0.25, 0.3) is 0 Å². The summed E-state index contributed by atoms with van der Waals surface area (Å²) in [5.74, 6) is 2.69. The first-order valence-corrected chi connectivity index (χ1v) is 7.81. The predicted octanol–water partition coefficient (Wildman–Crippen LogP) is 2.02. The van der Waals surface area contributed by atoms with Crippen molar-refractivity contribution in [2.45, 2.75) is 44.9 Å². The minimum absolute atomic E-state index is 0.437. The van der Waals surface area contributed by atoms with Crippen LogP contribution in [0.5, 0.6) is 0 Å². The van der Waals surface area contributed by atoms with Crippen molar-refractivity contribution < 1.29 is 4.79 Å². The van der Waals surface area contributed by atoms with Crippen LogP contribution in [0.25, 0.3) is 0 Å². The molecule has 102 valence electrons. The third-order valence-corrected chi connectivity index (χ3v) is 5.25. The molecule has 0 spiro atoms. The molecule has 2 heterocycles. The lowest BCUT2D eigenvalue weighted by atomic mass is 9.85. The van der Waals surface area contributed by atoms with Crippen molar-refractivity contribution >= 4 is 5.91 Å². The zero-order valence-electron chi connectivity index (χ0n) is 11.4. The van der Waals surface area contributed by atoms with E-state index in [0.717, 1.165) is 37.9 Å². The maximum absolute atomic E-state index is 12.4. The second-order valence-electron chi connectivity index (χ2n) is 6.51. The fourth-order valence-electron chi connectivity index (χ4n) is 4.03.